The Kier molecular flexibility index (Phi) is 8.09. The first kappa shape index (κ1) is 23.1. The van der Waals surface area contributed by atoms with Gasteiger partial charge in [-0.05, 0) is 37.1 Å². The molecule has 2 aromatic carbocycles. The largest absolute Gasteiger partial charge is 0.493 e. The molecule has 10 heteroatoms. The van der Waals surface area contributed by atoms with E-state index in [1.807, 2.05) is 50.2 Å². The lowest BCUT2D eigenvalue weighted by Crippen LogP contribution is -2.24. The minimum absolute atomic E-state index is 0.127. The summed E-state index contributed by atoms with van der Waals surface area (Å²) in [6.07, 6.45) is 0. The number of rotatable bonds is 10. The smallest absolute Gasteiger partial charge is 0.240 e. The van der Waals surface area contributed by atoms with E-state index in [0.29, 0.717) is 29.1 Å². The Morgan fingerprint density at radius 1 is 1.12 bits per heavy atom. The third kappa shape index (κ3) is 6.48. The standard InChI is InChI=1S/C22H26N6O3S/c1-14-5-8-17(9-6-14)15(2)25-26-21-24-22(28-27-21)32-13-20(29)23-12-16-7-10-18(30-3)19(11-16)31-4/h5-11H,12-13H2,1-4H3,(H,23,29)(H2,24,26,27,28)/b25-15+. The minimum atomic E-state index is -0.127. The average molecular weight is 455 g/mol. The number of nitrogens with zero attached hydrogens (tertiary/aromatic N) is 3. The number of anilines is 1. The van der Waals surface area contributed by atoms with Crippen molar-refractivity contribution in [2.24, 2.45) is 5.10 Å². The molecule has 0 aliphatic heterocycles. The highest BCUT2D eigenvalue weighted by atomic mass is 32.2. The zero-order chi connectivity index (χ0) is 22.9. The number of carbonyl (C=O) groups is 1. The van der Waals surface area contributed by atoms with E-state index in [1.54, 1.807) is 20.3 Å². The maximum atomic E-state index is 12.2. The summed E-state index contributed by atoms with van der Waals surface area (Å²) < 4.78 is 10.5. The number of thioether (sulfide) groups is 1. The number of benzene rings is 2. The molecular weight excluding hydrogens is 428 g/mol. The molecule has 0 spiro atoms. The Balaban J connectivity index is 1.46. The molecule has 0 radical (unpaired) electrons. The molecule has 1 aromatic heterocycles. The normalized spacial score (nSPS) is 11.2. The van der Waals surface area contributed by atoms with Crippen LogP contribution < -0.4 is 20.2 Å². The van der Waals surface area contributed by atoms with E-state index in [1.165, 1.54) is 17.3 Å². The summed E-state index contributed by atoms with van der Waals surface area (Å²) in [7, 11) is 3.16. The van der Waals surface area contributed by atoms with Gasteiger partial charge in [-0.15, -0.1) is 5.10 Å². The maximum absolute atomic E-state index is 12.2. The maximum Gasteiger partial charge on any atom is 0.240 e. The molecule has 168 valence electrons. The molecular formula is C22H26N6O3S. The molecule has 0 fully saturated rings. The highest BCUT2D eigenvalue weighted by Gasteiger charge is 2.09. The van der Waals surface area contributed by atoms with E-state index < -0.39 is 0 Å². The summed E-state index contributed by atoms with van der Waals surface area (Å²) in [6, 6.07) is 13.6. The number of nitrogens with one attached hydrogen (secondary N) is 3. The van der Waals surface area contributed by atoms with Gasteiger partial charge in [0.25, 0.3) is 0 Å². The van der Waals surface area contributed by atoms with Crippen LogP contribution in [-0.4, -0.2) is 46.8 Å². The van der Waals surface area contributed by atoms with E-state index in [0.717, 1.165) is 16.8 Å². The Morgan fingerprint density at radius 2 is 1.88 bits per heavy atom. The zero-order valence-corrected chi connectivity index (χ0v) is 19.2. The van der Waals surface area contributed by atoms with Crippen LogP contribution in [-0.2, 0) is 11.3 Å². The second-order valence-corrected chi connectivity index (χ2v) is 7.84. The lowest BCUT2D eigenvalue weighted by molar-refractivity contribution is -0.118. The molecule has 1 amide bonds. The molecule has 0 saturated carbocycles. The van der Waals surface area contributed by atoms with E-state index in [-0.39, 0.29) is 11.7 Å². The average Bonchev–Trinajstić information content (AvgIpc) is 3.28. The predicted molar refractivity (Wildman–Crippen MR) is 126 cm³/mol. The van der Waals surface area contributed by atoms with E-state index >= 15 is 0 Å². The highest BCUT2D eigenvalue weighted by Crippen LogP contribution is 2.27. The summed E-state index contributed by atoms with van der Waals surface area (Å²) in [4.78, 5) is 16.5. The van der Waals surface area contributed by atoms with E-state index in [9.17, 15) is 4.79 Å². The van der Waals surface area contributed by atoms with Crippen LogP contribution in [0.3, 0.4) is 0 Å². The molecule has 9 nitrogen and oxygen atoms in total. The van der Waals surface area contributed by atoms with Crippen LogP contribution in [0.5, 0.6) is 11.5 Å². The third-order valence-corrected chi connectivity index (χ3v) is 5.38. The number of hydrogen-bond donors (Lipinski definition) is 3. The number of hydrazone groups is 1. The van der Waals surface area contributed by atoms with Crippen LogP contribution >= 0.6 is 11.8 Å². The number of amides is 1. The Morgan fingerprint density at radius 3 is 2.59 bits per heavy atom. The van der Waals surface area contributed by atoms with Crippen LogP contribution in [0.1, 0.15) is 23.6 Å². The number of aromatic amines is 1. The molecule has 0 saturated heterocycles. The zero-order valence-electron chi connectivity index (χ0n) is 18.4. The molecule has 0 bridgehead atoms. The van der Waals surface area contributed by atoms with Gasteiger partial charge in [0.15, 0.2) is 11.5 Å². The number of carbonyl (C=O) groups excluding carboxylic acids is 1. The minimum Gasteiger partial charge on any atom is -0.493 e. The number of ether oxygens (including phenoxy) is 2. The van der Waals surface area contributed by atoms with Crippen LogP contribution in [0.15, 0.2) is 52.7 Å². The van der Waals surface area contributed by atoms with Gasteiger partial charge in [0.2, 0.25) is 17.0 Å². The van der Waals surface area contributed by atoms with Crippen molar-refractivity contribution >= 4 is 29.3 Å². The summed E-state index contributed by atoms with van der Waals surface area (Å²) in [5.41, 5.74) is 6.80. The van der Waals surface area contributed by atoms with Crippen molar-refractivity contribution in [1.29, 1.82) is 0 Å². The van der Waals surface area contributed by atoms with Gasteiger partial charge < -0.3 is 14.8 Å². The first-order valence-corrected chi connectivity index (χ1v) is 10.9. The molecule has 3 aromatic rings. The number of H-pyrrole nitrogens is 1. The molecule has 3 N–H and O–H groups in total. The van der Waals surface area contributed by atoms with Gasteiger partial charge in [-0.3, -0.25) is 4.79 Å². The topological polar surface area (TPSA) is 114 Å². The van der Waals surface area contributed by atoms with Crippen molar-refractivity contribution in [2.45, 2.75) is 25.5 Å². The highest BCUT2D eigenvalue weighted by molar-refractivity contribution is 7.99. The number of hydrogen-bond acceptors (Lipinski definition) is 8. The van der Waals surface area contributed by atoms with Crippen LogP contribution in [0.25, 0.3) is 0 Å². The van der Waals surface area contributed by atoms with Gasteiger partial charge >= 0.3 is 0 Å². The first-order valence-electron chi connectivity index (χ1n) is 9.88. The fourth-order valence-electron chi connectivity index (χ4n) is 2.73. The third-order valence-electron chi connectivity index (χ3n) is 4.53. The van der Waals surface area contributed by atoms with Gasteiger partial charge in [0, 0.05) is 6.54 Å². The summed E-state index contributed by atoms with van der Waals surface area (Å²) in [5, 5.41) is 14.5. The van der Waals surface area contributed by atoms with Gasteiger partial charge in [-0.1, -0.05) is 47.7 Å². The van der Waals surface area contributed by atoms with Crippen molar-refractivity contribution < 1.29 is 14.3 Å². The Labute approximate surface area is 191 Å². The van der Waals surface area contributed by atoms with Crippen LogP contribution in [0, 0.1) is 6.92 Å². The van der Waals surface area contributed by atoms with Crippen molar-refractivity contribution in [3.63, 3.8) is 0 Å². The molecule has 0 unspecified atom stereocenters. The van der Waals surface area contributed by atoms with Gasteiger partial charge in [-0.2, -0.15) is 10.1 Å². The fraction of sp³-hybridized carbons (Fsp3) is 0.273. The van der Waals surface area contributed by atoms with Crippen molar-refractivity contribution in [1.82, 2.24) is 20.5 Å². The van der Waals surface area contributed by atoms with E-state index in [4.69, 9.17) is 9.47 Å². The summed E-state index contributed by atoms with van der Waals surface area (Å²) in [6.45, 7) is 4.33. The molecule has 3 rings (SSSR count). The first-order chi connectivity index (χ1) is 15.5. The lowest BCUT2D eigenvalue weighted by Gasteiger charge is -2.10. The van der Waals surface area contributed by atoms with Crippen molar-refractivity contribution in [3.8, 4) is 11.5 Å². The second kappa shape index (κ2) is 11.2. The summed E-state index contributed by atoms with van der Waals surface area (Å²) in [5.74, 6) is 1.73. The molecule has 0 aliphatic carbocycles. The van der Waals surface area contributed by atoms with Gasteiger partial charge in [-0.25, -0.2) is 10.5 Å². The van der Waals surface area contributed by atoms with Crippen molar-refractivity contribution in [2.75, 3.05) is 25.4 Å². The lowest BCUT2D eigenvalue weighted by atomic mass is 10.1. The van der Waals surface area contributed by atoms with Crippen molar-refractivity contribution in [3.05, 3.63) is 59.2 Å². The number of aryl methyl sites for hydroxylation is 1. The monoisotopic (exact) mass is 454 g/mol. The number of methoxy groups -OCH3 is 2. The Hall–Kier alpha value is -3.53. The number of aromatic nitrogens is 3. The van der Waals surface area contributed by atoms with Crippen LogP contribution in [0.2, 0.25) is 0 Å². The fourth-order valence-corrected chi connectivity index (χ4v) is 3.36. The molecule has 1 heterocycles. The molecule has 32 heavy (non-hydrogen) atoms. The van der Waals surface area contributed by atoms with Crippen LogP contribution in [0.4, 0.5) is 5.95 Å². The van der Waals surface area contributed by atoms with Gasteiger partial charge in [0.1, 0.15) is 0 Å². The van der Waals surface area contributed by atoms with E-state index in [2.05, 4.69) is 31.0 Å². The predicted octanol–water partition coefficient (Wildman–Crippen LogP) is 3.37. The molecule has 0 atom stereocenters. The SMILES string of the molecule is COc1ccc(CNC(=O)CSc2n[nH]c(N/N=C(\C)c3ccc(C)cc3)n2)cc1OC. The Bertz CT molecular complexity index is 1080. The second-order valence-electron chi connectivity index (χ2n) is 6.90. The quantitative estimate of drug-likeness (QED) is 0.244. The van der Waals surface area contributed by atoms with Gasteiger partial charge in [0.05, 0.1) is 25.7 Å². The summed E-state index contributed by atoms with van der Waals surface area (Å²) >= 11 is 1.23. The molecule has 0 aliphatic rings.